The summed E-state index contributed by atoms with van der Waals surface area (Å²) in [6, 6.07) is 14.0. The summed E-state index contributed by atoms with van der Waals surface area (Å²) in [5.41, 5.74) is 1.90. The van der Waals surface area contributed by atoms with E-state index in [2.05, 4.69) is 10.1 Å². The summed E-state index contributed by atoms with van der Waals surface area (Å²) in [5.74, 6) is 0.0839. The van der Waals surface area contributed by atoms with Gasteiger partial charge in [0.05, 0.1) is 18.8 Å². The molecule has 2 aromatic carbocycles. The highest BCUT2D eigenvalue weighted by Crippen LogP contribution is 2.17. The van der Waals surface area contributed by atoms with Crippen LogP contribution in [0.2, 0.25) is 0 Å². The average molecular weight is 369 g/mol. The number of amides is 1. The number of esters is 1. The third-order valence-corrected chi connectivity index (χ3v) is 4.38. The molecule has 27 heavy (non-hydrogen) atoms. The summed E-state index contributed by atoms with van der Waals surface area (Å²) in [7, 11) is 1.34. The van der Waals surface area contributed by atoms with Crippen molar-refractivity contribution in [2.24, 2.45) is 0 Å². The predicted octanol–water partition coefficient (Wildman–Crippen LogP) is 2.96. The fourth-order valence-corrected chi connectivity index (χ4v) is 2.85. The molecule has 0 radical (unpaired) electrons. The van der Waals surface area contributed by atoms with Crippen LogP contribution in [0.4, 0.5) is 0 Å². The van der Waals surface area contributed by atoms with E-state index in [9.17, 15) is 9.59 Å². The lowest BCUT2D eigenvalue weighted by atomic mass is 10.1. The Balaban J connectivity index is 1.52. The fourth-order valence-electron chi connectivity index (χ4n) is 2.85. The van der Waals surface area contributed by atoms with E-state index in [1.165, 1.54) is 7.11 Å². The minimum absolute atomic E-state index is 0.135. The van der Waals surface area contributed by atoms with E-state index < -0.39 is 0 Å². The summed E-state index contributed by atoms with van der Waals surface area (Å²) in [6.07, 6.45) is 2.21. The number of carbonyl (C=O) groups excluding carboxylic acids is 2. The predicted molar refractivity (Wildman–Crippen MR) is 99.9 cm³/mol. The molecule has 0 aromatic heterocycles. The van der Waals surface area contributed by atoms with Crippen molar-refractivity contribution in [1.82, 2.24) is 5.32 Å². The number of rotatable bonds is 7. The Labute approximate surface area is 158 Å². The zero-order valence-electron chi connectivity index (χ0n) is 15.3. The second kappa shape index (κ2) is 9.19. The molecule has 3 rings (SSSR count). The molecule has 142 valence electrons. The molecule has 1 N–H and O–H groups in total. The number of carbonyl (C=O) groups is 2. The lowest BCUT2D eigenvalue weighted by Crippen LogP contribution is -2.23. The van der Waals surface area contributed by atoms with Crippen LogP contribution in [0.25, 0.3) is 0 Å². The van der Waals surface area contributed by atoms with Gasteiger partial charge in [-0.2, -0.15) is 0 Å². The quantitative estimate of drug-likeness (QED) is 0.760. The van der Waals surface area contributed by atoms with E-state index in [1.54, 1.807) is 42.5 Å². The topological polar surface area (TPSA) is 73.9 Å². The first-order valence-corrected chi connectivity index (χ1v) is 8.95. The van der Waals surface area contributed by atoms with Gasteiger partial charge in [-0.05, 0) is 48.7 Å². The van der Waals surface area contributed by atoms with Gasteiger partial charge >= 0.3 is 5.97 Å². The molecule has 1 aliphatic heterocycles. The van der Waals surface area contributed by atoms with Gasteiger partial charge in [0, 0.05) is 18.7 Å². The van der Waals surface area contributed by atoms with Crippen molar-refractivity contribution in [3.8, 4) is 5.75 Å². The highest BCUT2D eigenvalue weighted by molar-refractivity contribution is 5.94. The van der Waals surface area contributed by atoms with Gasteiger partial charge in [0.25, 0.3) is 5.91 Å². The maximum absolute atomic E-state index is 12.4. The third kappa shape index (κ3) is 5.31. The maximum Gasteiger partial charge on any atom is 0.337 e. The molecule has 6 heteroatoms. The van der Waals surface area contributed by atoms with Crippen LogP contribution >= 0.6 is 0 Å². The summed E-state index contributed by atoms with van der Waals surface area (Å²) >= 11 is 0. The van der Waals surface area contributed by atoms with Gasteiger partial charge in [-0.15, -0.1) is 0 Å². The molecule has 0 aliphatic carbocycles. The van der Waals surface area contributed by atoms with Crippen molar-refractivity contribution in [3.63, 3.8) is 0 Å². The minimum atomic E-state index is -0.384. The number of nitrogens with one attached hydrogen (secondary N) is 1. The second-order valence-electron chi connectivity index (χ2n) is 6.35. The van der Waals surface area contributed by atoms with Crippen LogP contribution in [-0.2, 0) is 16.0 Å². The highest BCUT2D eigenvalue weighted by Gasteiger charge is 2.16. The van der Waals surface area contributed by atoms with Crippen LogP contribution < -0.4 is 10.1 Å². The van der Waals surface area contributed by atoms with Crippen LogP contribution in [-0.4, -0.2) is 38.3 Å². The number of hydrogen-bond acceptors (Lipinski definition) is 5. The zero-order valence-corrected chi connectivity index (χ0v) is 15.3. The van der Waals surface area contributed by atoms with Crippen molar-refractivity contribution < 1.29 is 23.8 Å². The van der Waals surface area contributed by atoms with Gasteiger partial charge < -0.3 is 19.5 Å². The first-order chi connectivity index (χ1) is 13.2. The molecule has 1 heterocycles. The van der Waals surface area contributed by atoms with Gasteiger partial charge in [-0.1, -0.05) is 18.2 Å². The monoisotopic (exact) mass is 369 g/mol. The molecule has 2 aromatic rings. The number of hydrogen-bond donors (Lipinski definition) is 1. The molecular weight excluding hydrogens is 346 g/mol. The number of ether oxygens (including phenoxy) is 3. The highest BCUT2D eigenvalue weighted by atomic mass is 16.5. The zero-order chi connectivity index (χ0) is 19.1. The molecule has 1 fully saturated rings. The Kier molecular flexibility index (Phi) is 6.44. The van der Waals surface area contributed by atoms with E-state index in [1.807, 2.05) is 6.07 Å². The van der Waals surface area contributed by atoms with Gasteiger partial charge in [0.2, 0.25) is 0 Å². The molecule has 0 saturated carbocycles. The lowest BCUT2D eigenvalue weighted by molar-refractivity contribution is 0.0600. The summed E-state index contributed by atoms with van der Waals surface area (Å²) in [6.45, 7) is 1.65. The van der Waals surface area contributed by atoms with Gasteiger partial charge in [0.15, 0.2) is 0 Å². The molecule has 0 bridgehead atoms. The standard InChI is InChI=1S/C21H23NO5/c1-25-21(24)16-9-7-15(8-10-16)13-22-20(23)17-4-2-5-18(12-17)27-14-19-6-3-11-26-19/h2,4-5,7-10,12,19H,3,6,11,13-14H2,1H3,(H,22,23)/t19-/m1/s1. The summed E-state index contributed by atoms with van der Waals surface area (Å²) < 4.78 is 15.9. The van der Waals surface area contributed by atoms with E-state index in [-0.39, 0.29) is 18.0 Å². The SMILES string of the molecule is COC(=O)c1ccc(CNC(=O)c2cccc(OC[C@H]3CCCO3)c2)cc1. The van der Waals surface area contributed by atoms with E-state index in [4.69, 9.17) is 9.47 Å². The van der Waals surface area contributed by atoms with Gasteiger partial charge in [-0.3, -0.25) is 4.79 Å². The fraction of sp³-hybridized carbons (Fsp3) is 0.333. The van der Waals surface area contributed by atoms with Crippen molar-refractivity contribution in [2.75, 3.05) is 20.3 Å². The second-order valence-corrected chi connectivity index (χ2v) is 6.35. The van der Waals surface area contributed by atoms with Crippen LogP contribution in [0.15, 0.2) is 48.5 Å². The Morgan fingerprint density at radius 2 is 1.96 bits per heavy atom. The Hall–Kier alpha value is -2.86. The van der Waals surface area contributed by atoms with E-state index >= 15 is 0 Å². The molecule has 1 atom stereocenters. The number of benzene rings is 2. The molecule has 6 nitrogen and oxygen atoms in total. The average Bonchev–Trinajstić information content (AvgIpc) is 3.24. The number of methoxy groups -OCH3 is 1. The van der Waals surface area contributed by atoms with Gasteiger partial charge in [0.1, 0.15) is 12.4 Å². The van der Waals surface area contributed by atoms with E-state index in [0.29, 0.717) is 30.0 Å². The molecule has 0 spiro atoms. The molecule has 1 saturated heterocycles. The summed E-state index contributed by atoms with van der Waals surface area (Å²) in [4.78, 5) is 23.8. The maximum atomic E-state index is 12.4. The minimum Gasteiger partial charge on any atom is -0.491 e. The summed E-state index contributed by atoms with van der Waals surface area (Å²) in [5, 5.41) is 2.87. The largest absolute Gasteiger partial charge is 0.491 e. The van der Waals surface area contributed by atoms with Crippen LogP contribution in [0.1, 0.15) is 39.1 Å². The van der Waals surface area contributed by atoms with Crippen molar-refractivity contribution in [2.45, 2.75) is 25.5 Å². The van der Waals surface area contributed by atoms with Crippen molar-refractivity contribution >= 4 is 11.9 Å². The van der Waals surface area contributed by atoms with Gasteiger partial charge in [-0.25, -0.2) is 4.79 Å². The Morgan fingerprint density at radius 1 is 1.15 bits per heavy atom. The molecule has 1 amide bonds. The molecule has 0 unspecified atom stereocenters. The van der Waals surface area contributed by atoms with Crippen molar-refractivity contribution in [1.29, 1.82) is 0 Å². The van der Waals surface area contributed by atoms with Crippen molar-refractivity contribution in [3.05, 3.63) is 65.2 Å². The van der Waals surface area contributed by atoms with Crippen LogP contribution in [0, 0.1) is 0 Å². The Bertz CT molecular complexity index is 781. The van der Waals surface area contributed by atoms with E-state index in [0.717, 1.165) is 25.0 Å². The van der Waals surface area contributed by atoms with Crippen LogP contribution in [0.5, 0.6) is 5.75 Å². The lowest BCUT2D eigenvalue weighted by Gasteiger charge is -2.12. The smallest absolute Gasteiger partial charge is 0.337 e. The van der Waals surface area contributed by atoms with Crippen LogP contribution in [0.3, 0.4) is 0 Å². The Morgan fingerprint density at radius 3 is 2.67 bits per heavy atom. The third-order valence-electron chi connectivity index (χ3n) is 4.38. The first-order valence-electron chi connectivity index (χ1n) is 8.95. The first kappa shape index (κ1) is 18.9. The molecular formula is C21H23NO5. The molecule has 1 aliphatic rings. The normalized spacial score (nSPS) is 16.0.